The predicted octanol–water partition coefficient (Wildman–Crippen LogP) is 4.54. The van der Waals surface area contributed by atoms with Crippen molar-refractivity contribution >= 4 is 5.69 Å². The summed E-state index contributed by atoms with van der Waals surface area (Å²) in [5, 5.41) is 4.55. The fourth-order valence-corrected chi connectivity index (χ4v) is 4.34. The Hall–Kier alpha value is -4.21. The monoisotopic (exact) mass is 478 g/mol. The molecule has 1 aliphatic rings. The molecule has 0 radical (unpaired) electrons. The summed E-state index contributed by atoms with van der Waals surface area (Å²) in [7, 11) is 0. The maximum absolute atomic E-state index is 13.5. The third kappa shape index (κ3) is 5.54. The van der Waals surface area contributed by atoms with E-state index < -0.39 is 0 Å². The molecule has 180 valence electrons. The molecule has 5 nitrogen and oxygen atoms in total. The number of hydrogen-bond acceptors (Lipinski definition) is 4. The van der Waals surface area contributed by atoms with Crippen molar-refractivity contribution in [2.75, 3.05) is 37.6 Å². The van der Waals surface area contributed by atoms with Gasteiger partial charge in [-0.2, -0.15) is 5.10 Å². The average molecular weight is 479 g/mol. The van der Waals surface area contributed by atoms with Crippen molar-refractivity contribution in [1.82, 2.24) is 14.7 Å². The van der Waals surface area contributed by atoms with Crippen molar-refractivity contribution in [1.29, 1.82) is 0 Å². The summed E-state index contributed by atoms with van der Waals surface area (Å²) >= 11 is 0. The standard InChI is InChI=1S/C30H27FN4O/c31-26-15-13-25(14-16-26)29-23-28(24-9-3-1-4-10-24)30(36)35(32-29)18-8-7-17-33-19-21-34(22-20-33)27-11-5-2-6-12-27/h1-6,9-16,23H,17-22H2. The van der Waals surface area contributed by atoms with Gasteiger partial charge >= 0.3 is 0 Å². The normalized spacial score (nSPS) is 13.8. The van der Waals surface area contributed by atoms with E-state index in [9.17, 15) is 9.18 Å². The molecule has 5 rings (SSSR count). The Balaban J connectivity index is 1.31. The van der Waals surface area contributed by atoms with Crippen molar-refractivity contribution in [3.63, 3.8) is 0 Å². The van der Waals surface area contributed by atoms with Gasteiger partial charge in [-0.15, -0.1) is 0 Å². The minimum atomic E-state index is -0.314. The van der Waals surface area contributed by atoms with E-state index in [0.717, 1.165) is 37.3 Å². The molecule has 0 atom stereocenters. The van der Waals surface area contributed by atoms with Crippen molar-refractivity contribution in [3.8, 4) is 34.2 Å². The molecule has 1 fully saturated rings. The highest BCUT2D eigenvalue weighted by Gasteiger charge is 2.16. The average Bonchev–Trinajstić information content (AvgIpc) is 2.94. The van der Waals surface area contributed by atoms with E-state index in [1.165, 1.54) is 22.5 Å². The van der Waals surface area contributed by atoms with Crippen molar-refractivity contribution in [3.05, 3.63) is 107 Å². The maximum Gasteiger partial charge on any atom is 0.275 e. The van der Waals surface area contributed by atoms with Gasteiger partial charge < -0.3 is 4.90 Å². The summed E-state index contributed by atoms with van der Waals surface area (Å²) < 4.78 is 14.9. The molecule has 2 heterocycles. The first kappa shape index (κ1) is 23.5. The van der Waals surface area contributed by atoms with Crippen molar-refractivity contribution < 1.29 is 4.39 Å². The SMILES string of the molecule is O=c1c(-c2ccccc2)cc(-c2ccc(F)cc2)nn1CC#CCN1CCN(c2ccccc2)CC1. The van der Waals surface area contributed by atoms with E-state index in [0.29, 0.717) is 17.8 Å². The smallest absolute Gasteiger partial charge is 0.275 e. The molecule has 0 N–H and O–H groups in total. The fraction of sp³-hybridized carbons (Fsp3) is 0.200. The zero-order valence-corrected chi connectivity index (χ0v) is 20.0. The zero-order chi connectivity index (χ0) is 24.7. The van der Waals surface area contributed by atoms with Crippen LogP contribution in [-0.4, -0.2) is 47.4 Å². The Morgan fingerprint density at radius 3 is 2.08 bits per heavy atom. The van der Waals surface area contributed by atoms with Gasteiger partial charge in [0.25, 0.3) is 5.56 Å². The first-order valence-electron chi connectivity index (χ1n) is 12.1. The van der Waals surface area contributed by atoms with Crippen LogP contribution in [0.5, 0.6) is 0 Å². The minimum Gasteiger partial charge on any atom is -0.369 e. The lowest BCUT2D eigenvalue weighted by atomic mass is 10.0. The number of rotatable bonds is 5. The van der Waals surface area contributed by atoms with Crippen LogP contribution in [0.15, 0.2) is 95.8 Å². The Morgan fingerprint density at radius 2 is 1.39 bits per heavy atom. The zero-order valence-electron chi connectivity index (χ0n) is 20.0. The van der Waals surface area contributed by atoms with Crippen LogP contribution < -0.4 is 10.5 Å². The second kappa shape index (κ2) is 11.0. The molecule has 3 aromatic carbocycles. The van der Waals surface area contributed by atoms with Crippen LogP contribution in [0.1, 0.15) is 0 Å². The lowest BCUT2D eigenvalue weighted by Crippen LogP contribution is -2.46. The Kier molecular flexibility index (Phi) is 7.20. The van der Waals surface area contributed by atoms with E-state index in [-0.39, 0.29) is 17.9 Å². The quantitative estimate of drug-likeness (QED) is 0.395. The minimum absolute atomic E-state index is 0.192. The molecule has 0 unspecified atom stereocenters. The number of anilines is 1. The molecular formula is C30H27FN4O. The summed E-state index contributed by atoms with van der Waals surface area (Å²) in [6.45, 7) is 4.66. The fourth-order valence-electron chi connectivity index (χ4n) is 4.34. The van der Waals surface area contributed by atoms with Crippen LogP contribution in [-0.2, 0) is 6.54 Å². The molecule has 1 saturated heterocycles. The highest BCUT2D eigenvalue weighted by Crippen LogP contribution is 2.22. The van der Waals surface area contributed by atoms with E-state index in [1.54, 1.807) is 18.2 Å². The number of benzene rings is 3. The summed E-state index contributed by atoms with van der Waals surface area (Å²) in [6.07, 6.45) is 0. The summed E-state index contributed by atoms with van der Waals surface area (Å²) in [5.41, 5.74) is 3.76. The molecule has 0 bridgehead atoms. The molecule has 6 heteroatoms. The molecular weight excluding hydrogens is 451 g/mol. The Bertz CT molecular complexity index is 1420. The number of nitrogens with zero attached hydrogens (tertiary/aromatic N) is 4. The van der Waals surface area contributed by atoms with Gasteiger partial charge in [-0.25, -0.2) is 9.07 Å². The van der Waals surface area contributed by atoms with Gasteiger partial charge in [0.1, 0.15) is 12.4 Å². The first-order chi connectivity index (χ1) is 17.7. The van der Waals surface area contributed by atoms with Gasteiger partial charge in [-0.05, 0) is 48.0 Å². The molecule has 0 amide bonds. The van der Waals surface area contributed by atoms with Crippen LogP contribution >= 0.6 is 0 Å². The Labute approximate surface area is 210 Å². The van der Waals surface area contributed by atoms with Crippen LogP contribution in [0.25, 0.3) is 22.4 Å². The lowest BCUT2D eigenvalue weighted by Gasteiger charge is -2.35. The maximum atomic E-state index is 13.5. The number of hydrogen-bond donors (Lipinski definition) is 0. The molecule has 0 aliphatic carbocycles. The van der Waals surface area contributed by atoms with Gasteiger partial charge in [0, 0.05) is 37.4 Å². The van der Waals surface area contributed by atoms with Crippen LogP contribution in [0.3, 0.4) is 0 Å². The van der Waals surface area contributed by atoms with Gasteiger partial charge in [0.05, 0.1) is 17.8 Å². The molecule has 1 aliphatic heterocycles. The molecule has 0 spiro atoms. The second-order valence-corrected chi connectivity index (χ2v) is 8.73. The predicted molar refractivity (Wildman–Crippen MR) is 142 cm³/mol. The molecule has 1 aromatic heterocycles. The molecule has 36 heavy (non-hydrogen) atoms. The van der Waals surface area contributed by atoms with Gasteiger partial charge in [-0.1, -0.05) is 60.4 Å². The van der Waals surface area contributed by atoms with E-state index >= 15 is 0 Å². The largest absolute Gasteiger partial charge is 0.369 e. The number of aromatic nitrogens is 2. The van der Waals surface area contributed by atoms with Crippen LogP contribution in [0, 0.1) is 17.7 Å². The summed E-state index contributed by atoms with van der Waals surface area (Å²) in [5.74, 6) is 6.04. The molecule has 0 saturated carbocycles. The number of piperazine rings is 1. The third-order valence-corrected chi connectivity index (χ3v) is 6.35. The number of halogens is 1. The highest BCUT2D eigenvalue weighted by molar-refractivity contribution is 5.69. The topological polar surface area (TPSA) is 41.4 Å². The van der Waals surface area contributed by atoms with Crippen molar-refractivity contribution in [2.45, 2.75) is 6.54 Å². The van der Waals surface area contributed by atoms with Gasteiger partial charge in [0.15, 0.2) is 0 Å². The Morgan fingerprint density at radius 1 is 0.750 bits per heavy atom. The first-order valence-corrected chi connectivity index (χ1v) is 12.1. The van der Waals surface area contributed by atoms with Crippen LogP contribution in [0.2, 0.25) is 0 Å². The van der Waals surface area contributed by atoms with E-state index in [2.05, 4.69) is 51.0 Å². The van der Waals surface area contributed by atoms with E-state index in [1.807, 2.05) is 36.4 Å². The second-order valence-electron chi connectivity index (χ2n) is 8.73. The molecule has 4 aromatic rings. The third-order valence-electron chi connectivity index (χ3n) is 6.35. The summed E-state index contributed by atoms with van der Waals surface area (Å²) in [6, 6.07) is 27.9. The number of para-hydroxylation sites is 1. The summed E-state index contributed by atoms with van der Waals surface area (Å²) in [4.78, 5) is 17.9. The highest BCUT2D eigenvalue weighted by atomic mass is 19.1. The van der Waals surface area contributed by atoms with Gasteiger partial charge in [0.2, 0.25) is 0 Å². The lowest BCUT2D eigenvalue weighted by molar-refractivity contribution is 0.288. The van der Waals surface area contributed by atoms with Crippen LogP contribution in [0.4, 0.5) is 10.1 Å². The van der Waals surface area contributed by atoms with Crippen molar-refractivity contribution in [2.24, 2.45) is 0 Å². The van der Waals surface area contributed by atoms with E-state index in [4.69, 9.17) is 0 Å². The van der Waals surface area contributed by atoms with Gasteiger partial charge in [-0.3, -0.25) is 9.69 Å².